The summed E-state index contributed by atoms with van der Waals surface area (Å²) in [6.45, 7) is 6.33. The molecule has 5 rings (SSSR count). The van der Waals surface area contributed by atoms with Crippen LogP contribution in [0.1, 0.15) is 5.69 Å². The molecule has 0 aromatic carbocycles. The molecular weight excluding hydrogens is 300 g/mol. The van der Waals surface area contributed by atoms with Crippen molar-refractivity contribution in [1.82, 2.24) is 19.9 Å². The molecule has 0 bridgehead atoms. The fraction of sp³-hybridized carbons (Fsp3) is 0.389. The molecule has 0 amide bonds. The van der Waals surface area contributed by atoms with Gasteiger partial charge in [0.1, 0.15) is 17.7 Å². The number of anilines is 2. The van der Waals surface area contributed by atoms with Gasteiger partial charge in [-0.2, -0.15) is 0 Å². The van der Waals surface area contributed by atoms with E-state index in [9.17, 15) is 0 Å². The van der Waals surface area contributed by atoms with Crippen LogP contribution >= 0.6 is 0 Å². The predicted molar refractivity (Wildman–Crippen MR) is 94.3 cm³/mol. The fourth-order valence-electron chi connectivity index (χ4n) is 4.19. The summed E-state index contributed by atoms with van der Waals surface area (Å²) in [4.78, 5) is 21.7. The van der Waals surface area contributed by atoms with Gasteiger partial charge in [0.2, 0.25) is 0 Å². The monoisotopic (exact) mass is 320 g/mol. The SMILES string of the molecule is Cc1cc2ncnc(N3CC4CN(c5ccccn5)CC4C3)c2[nH]1. The molecule has 0 saturated carbocycles. The Hall–Kier alpha value is -2.63. The van der Waals surface area contributed by atoms with Gasteiger partial charge < -0.3 is 14.8 Å². The van der Waals surface area contributed by atoms with Gasteiger partial charge in [0.25, 0.3) is 0 Å². The van der Waals surface area contributed by atoms with E-state index in [0.717, 1.165) is 54.5 Å². The lowest BCUT2D eigenvalue weighted by atomic mass is 10.0. The molecule has 1 N–H and O–H groups in total. The van der Waals surface area contributed by atoms with Gasteiger partial charge in [-0.15, -0.1) is 0 Å². The van der Waals surface area contributed by atoms with Gasteiger partial charge in [-0.05, 0) is 25.1 Å². The minimum atomic E-state index is 0.674. The molecule has 0 radical (unpaired) electrons. The normalized spacial score (nSPS) is 23.2. The highest BCUT2D eigenvalue weighted by Gasteiger charge is 2.41. The van der Waals surface area contributed by atoms with E-state index in [2.05, 4.69) is 54.9 Å². The van der Waals surface area contributed by atoms with Crippen molar-refractivity contribution in [3.05, 3.63) is 42.5 Å². The van der Waals surface area contributed by atoms with Gasteiger partial charge in [-0.1, -0.05) is 6.07 Å². The van der Waals surface area contributed by atoms with Gasteiger partial charge in [0.05, 0.1) is 5.52 Å². The lowest BCUT2D eigenvalue weighted by Gasteiger charge is -2.23. The molecule has 3 aromatic heterocycles. The fourth-order valence-corrected chi connectivity index (χ4v) is 4.19. The summed E-state index contributed by atoms with van der Waals surface area (Å²) in [5.74, 6) is 3.50. The highest BCUT2D eigenvalue weighted by Crippen LogP contribution is 2.36. The first-order valence-electron chi connectivity index (χ1n) is 8.49. The molecule has 2 aliphatic rings. The van der Waals surface area contributed by atoms with Crippen molar-refractivity contribution in [1.29, 1.82) is 0 Å². The number of pyridine rings is 1. The van der Waals surface area contributed by atoms with Crippen LogP contribution in [-0.4, -0.2) is 46.1 Å². The molecule has 6 nitrogen and oxygen atoms in total. The van der Waals surface area contributed by atoms with Crippen LogP contribution in [0.15, 0.2) is 36.8 Å². The topological polar surface area (TPSA) is 60.9 Å². The Morgan fingerprint density at radius 3 is 2.54 bits per heavy atom. The van der Waals surface area contributed by atoms with Crippen molar-refractivity contribution in [2.45, 2.75) is 6.92 Å². The first kappa shape index (κ1) is 13.8. The van der Waals surface area contributed by atoms with E-state index in [-0.39, 0.29) is 0 Å². The average Bonchev–Trinajstić information content (AvgIpc) is 3.26. The zero-order chi connectivity index (χ0) is 16.1. The van der Waals surface area contributed by atoms with Crippen LogP contribution in [0.2, 0.25) is 0 Å². The van der Waals surface area contributed by atoms with Gasteiger partial charge in [-0.25, -0.2) is 15.0 Å². The molecule has 122 valence electrons. The third-order valence-corrected chi connectivity index (χ3v) is 5.29. The molecule has 24 heavy (non-hydrogen) atoms. The van der Waals surface area contributed by atoms with Crippen molar-refractivity contribution in [3.63, 3.8) is 0 Å². The Bertz CT molecular complexity index is 860. The van der Waals surface area contributed by atoms with Gasteiger partial charge in [0.15, 0.2) is 5.82 Å². The summed E-state index contributed by atoms with van der Waals surface area (Å²) >= 11 is 0. The van der Waals surface area contributed by atoms with Crippen LogP contribution in [0.3, 0.4) is 0 Å². The Balaban J connectivity index is 1.38. The molecule has 2 fully saturated rings. The number of aromatic nitrogens is 4. The third kappa shape index (κ3) is 2.13. The zero-order valence-corrected chi connectivity index (χ0v) is 13.7. The lowest BCUT2D eigenvalue weighted by molar-refractivity contribution is 0.533. The zero-order valence-electron chi connectivity index (χ0n) is 13.7. The largest absolute Gasteiger partial charge is 0.356 e. The molecule has 5 heterocycles. The van der Waals surface area contributed by atoms with Crippen molar-refractivity contribution in [2.24, 2.45) is 11.8 Å². The number of aromatic amines is 1. The van der Waals surface area contributed by atoms with Crippen LogP contribution in [0.5, 0.6) is 0 Å². The number of fused-ring (bicyclic) bond motifs is 2. The molecular formula is C18H20N6. The van der Waals surface area contributed by atoms with E-state index < -0.39 is 0 Å². The maximum Gasteiger partial charge on any atom is 0.156 e. The molecule has 2 atom stereocenters. The van der Waals surface area contributed by atoms with Gasteiger partial charge in [0, 0.05) is 49.9 Å². The third-order valence-electron chi connectivity index (χ3n) is 5.29. The van der Waals surface area contributed by atoms with Crippen LogP contribution < -0.4 is 9.80 Å². The quantitative estimate of drug-likeness (QED) is 0.784. The Morgan fingerprint density at radius 2 is 1.79 bits per heavy atom. The minimum absolute atomic E-state index is 0.674. The predicted octanol–water partition coefficient (Wildman–Crippen LogP) is 2.23. The van der Waals surface area contributed by atoms with Crippen LogP contribution in [0, 0.1) is 18.8 Å². The Morgan fingerprint density at radius 1 is 1.00 bits per heavy atom. The summed E-state index contributed by atoms with van der Waals surface area (Å²) < 4.78 is 0. The van der Waals surface area contributed by atoms with E-state index in [1.54, 1.807) is 6.33 Å². The maximum atomic E-state index is 4.56. The highest BCUT2D eigenvalue weighted by molar-refractivity contribution is 5.86. The molecule has 2 saturated heterocycles. The number of hydrogen-bond donors (Lipinski definition) is 1. The standard InChI is InChI=1S/C18H20N6/c1-12-6-15-17(22-12)18(21-11-20-15)24-9-13-7-23(8-14(13)10-24)16-4-2-3-5-19-16/h2-6,11,13-14,22H,7-10H2,1H3. The second-order valence-electron chi connectivity index (χ2n) is 6.93. The van der Waals surface area contributed by atoms with E-state index in [1.165, 1.54) is 0 Å². The number of H-pyrrole nitrogens is 1. The molecule has 2 unspecified atom stereocenters. The first-order valence-corrected chi connectivity index (χ1v) is 8.49. The van der Waals surface area contributed by atoms with E-state index in [4.69, 9.17) is 0 Å². The second kappa shape index (κ2) is 5.19. The Kier molecular flexibility index (Phi) is 2.98. The summed E-state index contributed by atoms with van der Waals surface area (Å²) in [7, 11) is 0. The number of nitrogens with one attached hydrogen (secondary N) is 1. The molecule has 6 heteroatoms. The molecule has 2 aliphatic heterocycles. The van der Waals surface area contributed by atoms with Crippen LogP contribution in [-0.2, 0) is 0 Å². The van der Waals surface area contributed by atoms with Crippen molar-refractivity contribution < 1.29 is 0 Å². The van der Waals surface area contributed by atoms with Crippen LogP contribution in [0.25, 0.3) is 11.0 Å². The van der Waals surface area contributed by atoms with Gasteiger partial charge >= 0.3 is 0 Å². The van der Waals surface area contributed by atoms with E-state index in [0.29, 0.717) is 11.8 Å². The minimum Gasteiger partial charge on any atom is -0.356 e. The molecule has 0 spiro atoms. The van der Waals surface area contributed by atoms with Gasteiger partial charge in [-0.3, -0.25) is 0 Å². The van der Waals surface area contributed by atoms with Crippen LogP contribution in [0.4, 0.5) is 11.6 Å². The number of rotatable bonds is 2. The summed E-state index contributed by atoms with van der Waals surface area (Å²) in [6.07, 6.45) is 3.56. The highest BCUT2D eigenvalue weighted by atomic mass is 15.3. The lowest BCUT2D eigenvalue weighted by Crippen LogP contribution is -2.29. The molecule has 0 aliphatic carbocycles. The van der Waals surface area contributed by atoms with Crippen molar-refractivity contribution >= 4 is 22.7 Å². The summed E-state index contributed by atoms with van der Waals surface area (Å²) in [5, 5.41) is 0. The second-order valence-corrected chi connectivity index (χ2v) is 6.93. The van der Waals surface area contributed by atoms with Crippen molar-refractivity contribution in [2.75, 3.05) is 36.0 Å². The maximum absolute atomic E-state index is 4.56. The van der Waals surface area contributed by atoms with E-state index in [1.807, 2.05) is 12.3 Å². The van der Waals surface area contributed by atoms with E-state index >= 15 is 0 Å². The number of nitrogens with zero attached hydrogens (tertiary/aromatic N) is 5. The summed E-state index contributed by atoms with van der Waals surface area (Å²) in [6, 6.07) is 8.23. The average molecular weight is 320 g/mol. The smallest absolute Gasteiger partial charge is 0.156 e. The van der Waals surface area contributed by atoms with Crippen molar-refractivity contribution in [3.8, 4) is 0 Å². The molecule has 3 aromatic rings. The number of aryl methyl sites for hydroxylation is 1. The number of hydrogen-bond acceptors (Lipinski definition) is 5. The first-order chi connectivity index (χ1) is 11.8. The Labute approximate surface area is 140 Å². The summed E-state index contributed by atoms with van der Waals surface area (Å²) in [5.41, 5.74) is 3.20.